The Morgan fingerprint density at radius 1 is 1.07 bits per heavy atom. The second-order valence-electron chi connectivity index (χ2n) is 6.17. The van der Waals surface area contributed by atoms with Crippen LogP contribution in [0.25, 0.3) is 0 Å². The molecule has 0 radical (unpaired) electrons. The number of hydrogen-bond acceptors (Lipinski definition) is 7. The molecule has 0 saturated heterocycles. The van der Waals surface area contributed by atoms with Gasteiger partial charge >= 0.3 is 5.97 Å². The van der Waals surface area contributed by atoms with Crippen molar-refractivity contribution >= 4 is 28.9 Å². The predicted molar refractivity (Wildman–Crippen MR) is 103 cm³/mol. The average Bonchev–Trinajstić information content (AvgIpc) is 2.67. The molecule has 0 heterocycles. The fourth-order valence-corrected chi connectivity index (χ4v) is 2.55. The van der Waals surface area contributed by atoms with Gasteiger partial charge in [-0.2, -0.15) is 0 Å². The molecule has 0 aliphatic rings. The van der Waals surface area contributed by atoms with Crippen molar-refractivity contribution in [1.29, 1.82) is 0 Å². The van der Waals surface area contributed by atoms with Crippen LogP contribution < -0.4 is 10.6 Å². The Morgan fingerprint density at radius 3 is 2.28 bits per heavy atom. The molecule has 152 valence electrons. The van der Waals surface area contributed by atoms with Gasteiger partial charge in [-0.25, -0.2) is 4.79 Å². The summed E-state index contributed by atoms with van der Waals surface area (Å²) in [6.45, 7) is 1.39. The number of carboxylic acid groups (broad SMARTS) is 1. The number of nitrogens with zero attached hydrogens (tertiary/aromatic N) is 2. The third-order valence-corrected chi connectivity index (χ3v) is 4.05. The highest BCUT2D eigenvalue weighted by molar-refractivity contribution is 5.89. The Labute approximate surface area is 164 Å². The molecule has 0 spiro atoms. The lowest BCUT2D eigenvalue weighted by Gasteiger charge is -2.19. The molecule has 0 saturated carbocycles. The Hall–Kier alpha value is -4.02. The zero-order chi connectivity index (χ0) is 21.6. The minimum Gasteiger partial charge on any atom is -0.480 e. The second-order valence-corrected chi connectivity index (χ2v) is 6.17. The molecule has 11 nitrogen and oxygen atoms in total. The van der Waals surface area contributed by atoms with Crippen molar-refractivity contribution in [2.45, 2.75) is 25.4 Å². The highest BCUT2D eigenvalue weighted by Gasteiger charge is 2.26. The lowest BCUT2D eigenvalue weighted by Crippen LogP contribution is -2.47. The van der Waals surface area contributed by atoms with E-state index in [0.717, 1.165) is 18.2 Å². The van der Waals surface area contributed by atoms with Crippen LogP contribution in [0.1, 0.15) is 12.5 Å². The number of amides is 1. The molecule has 0 fully saturated rings. The first-order valence-corrected chi connectivity index (χ1v) is 8.45. The summed E-state index contributed by atoms with van der Waals surface area (Å²) in [5.74, 6) is -1.92. The predicted octanol–water partition coefficient (Wildman–Crippen LogP) is 2.12. The first kappa shape index (κ1) is 21.3. The van der Waals surface area contributed by atoms with Gasteiger partial charge in [0.15, 0.2) is 0 Å². The van der Waals surface area contributed by atoms with Crippen LogP contribution in [0.2, 0.25) is 0 Å². The summed E-state index contributed by atoms with van der Waals surface area (Å²) in [7, 11) is 0. The van der Waals surface area contributed by atoms with Crippen LogP contribution in [-0.2, 0) is 16.0 Å². The van der Waals surface area contributed by atoms with Crippen molar-refractivity contribution in [3.63, 3.8) is 0 Å². The number of aliphatic carboxylic acids is 1. The quantitative estimate of drug-likeness (QED) is 0.424. The Kier molecular flexibility index (Phi) is 6.80. The smallest absolute Gasteiger partial charge is 0.326 e. The number of benzene rings is 2. The van der Waals surface area contributed by atoms with E-state index in [2.05, 4.69) is 10.6 Å². The van der Waals surface area contributed by atoms with Gasteiger partial charge in [0.05, 0.1) is 15.9 Å². The SMILES string of the molecule is CC(Nc1ccc([N+](=O)[O-])cc1[N+](=O)[O-])C(=O)NC(Cc1ccccc1)C(=O)O. The van der Waals surface area contributed by atoms with E-state index in [9.17, 15) is 34.9 Å². The molecule has 2 aromatic rings. The number of carboxylic acids is 1. The van der Waals surface area contributed by atoms with Gasteiger partial charge in [0.1, 0.15) is 17.8 Å². The standard InChI is InChI=1S/C18H18N4O7/c1-11(19-14-8-7-13(21(26)27)10-16(14)22(28)29)17(23)20-15(18(24)25)9-12-5-3-2-4-6-12/h2-8,10-11,15,19H,9H2,1H3,(H,20,23)(H,24,25). The maximum Gasteiger partial charge on any atom is 0.326 e. The van der Waals surface area contributed by atoms with E-state index in [1.807, 2.05) is 0 Å². The molecule has 2 unspecified atom stereocenters. The lowest BCUT2D eigenvalue weighted by atomic mass is 10.1. The molecular formula is C18H18N4O7. The molecular weight excluding hydrogens is 384 g/mol. The second kappa shape index (κ2) is 9.26. The van der Waals surface area contributed by atoms with Gasteiger partial charge in [-0.15, -0.1) is 0 Å². The lowest BCUT2D eigenvalue weighted by molar-refractivity contribution is -0.393. The van der Waals surface area contributed by atoms with E-state index in [0.29, 0.717) is 5.56 Å². The summed E-state index contributed by atoms with van der Waals surface area (Å²) in [5.41, 5.74) is -0.420. The maximum atomic E-state index is 12.4. The van der Waals surface area contributed by atoms with Gasteiger partial charge in [0.2, 0.25) is 5.91 Å². The normalized spacial score (nSPS) is 12.4. The van der Waals surface area contributed by atoms with Crippen LogP contribution in [0.15, 0.2) is 48.5 Å². The Bertz CT molecular complexity index is 933. The monoisotopic (exact) mass is 402 g/mol. The first-order chi connectivity index (χ1) is 13.7. The number of nitrogens with one attached hydrogen (secondary N) is 2. The molecule has 0 bridgehead atoms. The Morgan fingerprint density at radius 2 is 1.72 bits per heavy atom. The minimum absolute atomic E-state index is 0.0618. The number of carbonyl (C=O) groups excluding carboxylic acids is 1. The molecule has 2 atom stereocenters. The molecule has 2 aromatic carbocycles. The van der Waals surface area contributed by atoms with Gasteiger partial charge in [-0.05, 0) is 18.6 Å². The van der Waals surface area contributed by atoms with Crippen LogP contribution in [0.5, 0.6) is 0 Å². The highest BCUT2D eigenvalue weighted by atomic mass is 16.6. The van der Waals surface area contributed by atoms with Crippen molar-refractivity contribution in [3.8, 4) is 0 Å². The highest BCUT2D eigenvalue weighted by Crippen LogP contribution is 2.29. The van der Waals surface area contributed by atoms with E-state index >= 15 is 0 Å². The fraction of sp³-hybridized carbons (Fsp3) is 0.222. The molecule has 0 aliphatic heterocycles. The van der Waals surface area contributed by atoms with E-state index in [1.165, 1.54) is 6.92 Å². The summed E-state index contributed by atoms with van der Waals surface area (Å²) in [5, 5.41) is 36.3. The van der Waals surface area contributed by atoms with Crippen LogP contribution >= 0.6 is 0 Å². The van der Waals surface area contributed by atoms with Gasteiger partial charge in [-0.3, -0.25) is 25.0 Å². The maximum absolute atomic E-state index is 12.4. The zero-order valence-electron chi connectivity index (χ0n) is 15.3. The van der Waals surface area contributed by atoms with Gasteiger partial charge < -0.3 is 15.7 Å². The summed E-state index contributed by atoms with van der Waals surface area (Å²) in [6, 6.07) is 9.46. The molecule has 1 amide bonds. The first-order valence-electron chi connectivity index (χ1n) is 8.45. The van der Waals surface area contributed by atoms with Crippen molar-refractivity contribution in [3.05, 3.63) is 74.3 Å². The van der Waals surface area contributed by atoms with E-state index in [4.69, 9.17) is 0 Å². The number of nitro groups is 2. The molecule has 29 heavy (non-hydrogen) atoms. The minimum atomic E-state index is -1.23. The van der Waals surface area contributed by atoms with E-state index in [-0.39, 0.29) is 12.1 Å². The summed E-state index contributed by atoms with van der Waals surface area (Å²) in [4.78, 5) is 44.3. The van der Waals surface area contributed by atoms with Crippen LogP contribution in [0.3, 0.4) is 0 Å². The third-order valence-electron chi connectivity index (χ3n) is 4.05. The fourth-order valence-electron chi connectivity index (χ4n) is 2.55. The summed E-state index contributed by atoms with van der Waals surface area (Å²) >= 11 is 0. The molecule has 3 N–H and O–H groups in total. The van der Waals surface area contributed by atoms with Crippen LogP contribution in [0, 0.1) is 20.2 Å². The number of rotatable bonds is 9. The van der Waals surface area contributed by atoms with Gasteiger partial charge in [0.25, 0.3) is 11.4 Å². The van der Waals surface area contributed by atoms with E-state index in [1.54, 1.807) is 30.3 Å². The topological polar surface area (TPSA) is 165 Å². The number of non-ortho nitro benzene ring substituents is 1. The Balaban J connectivity index is 2.12. The molecule has 11 heteroatoms. The number of nitro benzene ring substituents is 2. The van der Waals surface area contributed by atoms with Crippen molar-refractivity contribution in [2.75, 3.05) is 5.32 Å². The van der Waals surface area contributed by atoms with Gasteiger partial charge in [0, 0.05) is 12.5 Å². The average molecular weight is 402 g/mol. The largest absolute Gasteiger partial charge is 0.480 e. The number of carbonyl (C=O) groups is 2. The third kappa shape index (κ3) is 5.73. The number of anilines is 1. The molecule has 0 aromatic heterocycles. The van der Waals surface area contributed by atoms with Crippen LogP contribution in [-0.4, -0.2) is 38.9 Å². The van der Waals surface area contributed by atoms with Crippen molar-refractivity contribution in [2.24, 2.45) is 0 Å². The summed E-state index contributed by atoms with van der Waals surface area (Å²) in [6.07, 6.45) is 0.0618. The summed E-state index contributed by atoms with van der Waals surface area (Å²) < 4.78 is 0. The molecule has 0 aliphatic carbocycles. The van der Waals surface area contributed by atoms with E-state index < -0.39 is 45.2 Å². The van der Waals surface area contributed by atoms with Gasteiger partial charge in [-0.1, -0.05) is 30.3 Å². The molecule has 2 rings (SSSR count). The number of hydrogen-bond donors (Lipinski definition) is 3. The van der Waals surface area contributed by atoms with Crippen molar-refractivity contribution < 1.29 is 24.5 Å². The zero-order valence-corrected chi connectivity index (χ0v) is 15.3. The van der Waals surface area contributed by atoms with Crippen molar-refractivity contribution in [1.82, 2.24) is 5.32 Å². The van der Waals surface area contributed by atoms with Crippen LogP contribution in [0.4, 0.5) is 17.1 Å².